The van der Waals surface area contributed by atoms with Crippen LogP contribution in [0.5, 0.6) is 11.5 Å². The fourth-order valence-electron chi connectivity index (χ4n) is 1.16. The van der Waals surface area contributed by atoms with E-state index in [0.29, 0.717) is 0 Å². The SMILES string of the molecule is CC(N)Cc1c(O)c(O)cc(Br)c1F. The Balaban J connectivity index is 3.25. The third-order valence-corrected chi connectivity index (χ3v) is 2.37. The summed E-state index contributed by atoms with van der Waals surface area (Å²) in [5.74, 6) is -1.38. The average molecular weight is 264 g/mol. The summed E-state index contributed by atoms with van der Waals surface area (Å²) in [4.78, 5) is 0. The summed E-state index contributed by atoms with van der Waals surface area (Å²) >= 11 is 2.93. The zero-order chi connectivity index (χ0) is 10.9. The van der Waals surface area contributed by atoms with Crippen LogP contribution in [0.2, 0.25) is 0 Å². The van der Waals surface area contributed by atoms with E-state index in [9.17, 15) is 14.6 Å². The van der Waals surface area contributed by atoms with Gasteiger partial charge < -0.3 is 15.9 Å². The molecule has 0 saturated carbocycles. The lowest BCUT2D eigenvalue weighted by Crippen LogP contribution is -2.18. The topological polar surface area (TPSA) is 66.5 Å². The summed E-state index contributed by atoms with van der Waals surface area (Å²) in [7, 11) is 0. The van der Waals surface area contributed by atoms with Crippen molar-refractivity contribution in [1.82, 2.24) is 0 Å². The van der Waals surface area contributed by atoms with Gasteiger partial charge in [0.05, 0.1) is 4.47 Å². The molecule has 0 saturated heterocycles. The van der Waals surface area contributed by atoms with E-state index in [2.05, 4.69) is 15.9 Å². The maximum Gasteiger partial charge on any atom is 0.163 e. The molecule has 78 valence electrons. The summed E-state index contributed by atoms with van der Waals surface area (Å²) in [6, 6.07) is 0.819. The van der Waals surface area contributed by atoms with E-state index in [1.165, 1.54) is 0 Å². The van der Waals surface area contributed by atoms with E-state index in [4.69, 9.17) is 5.73 Å². The van der Waals surface area contributed by atoms with Crippen molar-refractivity contribution in [2.45, 2.75) is 19.4 Å². The second kappa shape index (κ2) is 4.14. The molecule has 0 aliphatic rings. The zero-order valence-corrected chi connectivity index (χ0v) is 9.18. The Morgan fingerprint density at radius 3 is 2.64 bits per heavy atom. The van der Waals surface area contributed by atoms with Gasteiger partial charge in [0.2, 0.25) is 0 Å². The molecular formula is C9H11BrFNO2. The highest BCUT2D eigenvalue weighted by atomic mass is 79.9. The van der Waals surface area contributed by atoms with Crippen molar-refractivity contribution in [1.29, 1.82) is 0 Å². The molecule has 1 atom stereocenters. The molecule has 0 bridgehead atoms. The van der Waals surface area contributed by atoms with Crippen LogP contribution >= 0.6 is 15.9 Å². The molecule has 3 nitrogen and oxygen atoms in total. The second-order valence-electron chi connectivity index (χ2n) is 3.20. The van der Waals surface area contributed by atoms with Crippen LogP contribution < -0.4 is 5.73 Å². The highest BCUT2D eigenvalue weighted by molar-refractivity contribution is 9.10. The molecule has 0 fully saturated rings. The normalized spacial score (nSPS) is 12.9. The lowest BCUT2D eigenvalue weighted by atomic mass is 10.1. The standard InChI is InChI=1S/C9H11BrFNO2/c1-4(12)2-5-8(11)6(10)3-7(13)9(5)14/h3-4,13-14H,2,12H2,1H3. The molecular weight excluding hydrogens is 253 g/mol. The Kier molecular flexibility index (Phi) is 3.34. The molecule has 0 amide bonds. The van der Waals surface area contributed by atoms with Gasteiger partial charge in [0, 0.05) is 17.7 Å². The molecule has 0 radical (unpaired) electrons. The van der Waals surface area contributed by atoms with Crippen LogP contribution in [0.25, 0.3) is 0 Å². The van der Waals surface area contributed by atoms with Crippen molar-refractivity contribution in [2.75, 3.05) is 0 Å². The molecule has 0 aromatic heterocycles. The first-order chi connectivity index (χ1) is 6.43. The Morgan fingerprint density at radius 1 is 1.57 bits per heavy atom. The fraction of sp³-hybridized carbons (Fsp3) is 0.333. The number of phenols is 2. The molecule has 1 aromatic rings. The van der Waals surface area contributed by atoms with Crippen LogP contribution in [0.15, 0.2) is 10.5 Å². The predicted molar refractivity (Wildman–Crippen MR) is 54.8 cm³/mol. The lowest BCUT2D eigenvalue weighted by Gasteiger charge is -2.11. The van der Waals surface area contributed by atoms with Gasteiger partial charge in [-0.2, -0.15) is 0 Å². The second-order valence-corrected chi connectivity index (χ2v) is 4.05. The van der Waals surface area contributed by atoms with Gasteiger partial charge in [-0.15, -0.1) is 0 Å². The molecule has 4 N–H and O–H groups in total. The maximum atomic E-state index is 13.4. The first kappa shape index (κ1) is 11.3. The van der Waals surface area contributed by atoms with E-state index in [-0.39, 0.29) is 28.2 Å². The fourth-order valence-corrected chi connectivity index (χ4v) is 1.62. The molecule has 0 aliphatic carbocycles. The molecule has 1 unspecified atom stereocenters. The Bertz CT molecular complexity index is 329. The largest absolute Gasteiger partial charge is 0.504 e. The number of aromatic hydroxyl groups is 2. The minimum absolute atomic E-state index is 0.0341. The maximum absolute atomic E-state index is 13.4. The van der Waals surface area contributed by atoms with Crippen molar-refractivity contribution in [3.8, 4) is 11.5 Å². The van der Waals surface area contributed by atoms with Crippen LogP contribution in [0, 0.1) is 5.82 Å². The van der Waals surface area contributed by atoms with Gasteiger partial charge in [0.1, 0.15) is 5.82 Å². The molecule has 14 heavy (non-hydrogen) atoms. The number of hydrogen-bond acceptors (Lipinski definition) is 3. The quantitative estimate of drug-likeness (QED) is 0.714. The van der Waals surface area contributed by atoms with Gasteiger partial charge in [-0.05, 0) is 29.3 Å². The Morgan fingerprint density at radius 2 is 2.14 bits per heavy atom. The van der Waals surface area contributed by atoms with E-state index in [1.807, 2.05) is 0 Å². The first-order valence-electron chi connectivity index (χ1n) is 4.08. The van der Waals surface area contributed by atoms with Gasteiger partial charge in [-0.3, -0.25) is 0 Å². The van der Waals surface area contributed by atoms with Crippen LogP contribution in [-0.2, 0) is 6.42 Å². The number of benzene rings is 1. The van der Waals surface area contributed by atoms with Crippen molar-refractivity contribution >= 4 is 15.9 Å². The average Bonchev–Trinajstić information content (AvgIpc) is 2.09. The third kappa shape index (κ3) is 2.16. The Labute approximate surface area is 89.5 Å². The van der Waals surface area contributed by atoms with E-state index in [0.717, 1.165) is 6.07 Å². The monoisotopic (exact) mass is 263 g/mol. The molecule has 5 heteroatoms. The number of phenolic OH excluding ortho intramolecular Hbond substituents is 2. The summed E-state index contributed by atoms with van der Waals surface area (Å²) in [5.41, 5.74) is 5.52. The van der Waals surface area contributed by atoms with Crippen LogP contribution in [0.4, 0.5) is 4.39 Å². The highest BCUT2D eigenvalue weighted by Gasteiger charge is 2.17. The van der Waals surface area contributed by atoms with Gasteiger partial charge in [0.25, 0.3) is 0 Å². The third-order valence-electron chi connectivity index (χ3n) is 1.79. The van der Waals surface area contributed by atoms with Crippen molar-refractivity contribution in [3.05, 3.63) is 21.9 Å². The van der Waals surface area contributed by atoms with Crippen molar-refractivity contribution in [2.24, 2.45) is 5.73 Å². The van der Waals surface area contributed by atoms with Gasteiger partial charge in [0.15, 0.2) is 11.5 Å². The summed E-state index contributed by atoms with van der Waals surface area (Å²) in [5, 5.41) is 18.6. The van der Waals surface area contributed by atoms with E-state index in [1.54, 1.807) is 6.92 Å². The predicted octanol–water partition coefficient (Wildman–Crippen LogP) is 1.89. The number of nitrogens with two attached hydrogens (primary N) is 1. The summed E-state index contributed by atoms with van der Waals surface area (Å²) in [6.07, 6.45) is 0.171. The van der Waals surface area contributed by atoms with E-state index >= 15 is 0 Å². The van der Waals surface area contributed by atoms with Gasteiger partial charge in [-0.1, -0.05) is 0 Å². The minimum Gasteiger partial charge on any atom is -0.504 e. The number of halogens is 2. The summed E-state index contributed by atoms with van der Waals surface area (Å²) in [6.45, 7) is 1.69. The zero-order valence-electron chi connectivity index (χ0n) is 7.59. The molecule has 1 rings (SSSR count). The van der Waals surface area contributed by atoms with Crippen molar-refractivity contribution in [3.63, 3.8) is 0 Å². The van der Waals surface area contributed by atoms with E-state index < -0.39 is 11.6 Å². The molecule has 0 aliphatic heterocycles. The van der Waals surface area contributed by atoms with Crippen molar-refractivity contribution < 1.29 is 14.6 Å². The van der Waals surface area contributed by atoms with Gasteiger partial charge >= 0.3 is 0 Å². The first-order valence-corrected chi connectivity index (χ1v) is 4.87. The highest BCUT2D eigenvalue weighted by Crippen LogP contribution is 2.36. The minimum atomic E-state index is -0.586. The lowest BCUT2D eigenvalue weighted by molar-refractivity contribution is 0.391. The van der Waals surface area contributed by atoms with Crippen LogP contribution in [-0.4, -0.2) is 16.3 Å². The summed E-state index contributed by atoms with van der Waals surface area (Å²) < 4.78 is 13.5. The van der Waals surface area contributed by atoms with Crippen LogP contribution in [0.3, 0.4) is 0 Å². The molecule has 0 spiro atoms. The smallest absolute Gasteiger partial charge is 0.163 e. The number of hydrogen-bond donors (Lipinski definition) is 3. The molecule has 0 heterocycles. The molecule has 1 aromatic carbocycles. The number of rotatable bonds is 2. The van der Waals surface area contributed by atoms with Crippen LogP contribution in [0.1, 0.15) is 12.5 Å². The Hall–Kier alpha value is -0.810. The van der Waals surface area contributed by atoms with Gasteiger partial charge in [-0.25, -0.2) is 4.39 Å².